The van der Waals surface area contributed by atoms with E-state index in [-0.39, 0.29) is 0 Å². The zero-order valence-electron chi connectivity index (χ0n) is 7.60. The second kappa shape index (κ2) is 4.37. The molecule has 1 aromatic heterocycles. The van der Waals surface area contributed by atoms with Crippen LogP contribution < -0.4 is 5.48 Å². The molecule has 0 saturated heterocycles. The Morgan fingerprint density at radius 1 is 1.07 bits per heavy atom. The molecule has 2 aromatic rings. The van der Waals surface area contributed by atoms with E-state index in [0.29, 0.717) is 6.54 Å². The smallest absolute Gasteiger partial charge is 0.0552 e. The summed E-state index contributed by atoms with van der Waals surface area (Å²) in [6.45, 7) is 0.511. The van der Waals surface area contributed by atoms with Gasteiger partial charge < -0.3 is 5.21 Å². The number of benzene rings is 1. The molecule has 0 saturated carbocycles. The zero-order chi connectivity index (χ0) is 9.80. The highest BCUT2D eigenvalue weighted by atomic mass is 32.1. The van der Waals surface area contributed by atoms with Gasteiger partial charge in [0.15, 0.2) is 0 Å². The van der Waals surface area contributed by atoms with Gasteiger partial charge in [0.1, 0.15) is 0 Å². The summed E-state index contributed by atoms with van der Waals surface area (Å²) >= 11 is 1.69. The molecule has 0 unspecified atom stereocenters. The largest absolute Gasteiger partial charge is 0.316 e. The van der Waals surface area contributed by atoms with Gasteiger partial charge in [0.2, 0.25) is 0 Å². The molecule has 1 heterocycles. The van der Waals surface area contributed by atoms with Crippen LogP contribution in [0.4, 0.5) is 0 Å². The Kier molecular flexibility index (Phi) is 2.93. The highest BCUT2D eigenvalue weighted by Crippen LogP contribution is 2.27. The number of rotatable bonds is 3. The van der Waals surface area contributed by atoms with E-state index >= 15 is 0 Å². The minimum absolute atomic E-state index is 0.511. The lowest BCUT2D eigenvalue weighted by atomic mass is 10.2. The van der Waals surface area contributed by atoms with Gasteiger partial charge in [-0.25, -0.2) is 5.48 Å². The minimum atomic E-state index is 0.511. The van der Waals surface area contributed by atoms with Crippen LogP contribution in [-0.4, -0.2) is 5.21 Å². The van der Waals surface area contributed by atoms with Gasteiger partial charge in [0.25, 0.3) is 0 Å². The van der Waals surface area contributed by atoms with Crippen LogP contribution in [0.3, 0.4) is 0 Å². The molecule has 2 nitrogen and oxygen atoms in total. The molecule has 0 atom stereocenters. The predicted molar refractivity (Wildman–Crippen MR) is 58.4 cm³/mol. The van der Waals surface area contributed by atoms with Crippen molar-refractivity contribution < 1.29 is 5.21 Å². The molecule has 2 rings (SSSR count). The third-order valence-electron chi connectivity index (χ3n) is 1.97. The van der Waals surface area contributed by atoms with Gasteiger partial charge in [-0.3, -0.25) is 0 Å². The van der Waals surface area contributed by atoms with Gasteiger partial charge in [-0.15, -0.1) is 11.3 Å². The first-order chi connectivity index (χ1) is 6.90. The molecule has 0 radical (unpaired) electrons. The van der Waals surface area contributed by atoms with Crippen LogP contribution in [-0.2, 0) is 6.54 Å². The highest BCUT2D eigenvalue weighted by molar-refractivity contribution is 7.15. The van der Waals surface area contributed by atoms with Gasteiger partial charge in [-0.05, 0) is 17.7 Å². The molecule has 0 aliphatic carbocycles. The average Bonchev–Trinajstić information content (AvgIpc) is 2.68. The lowest BCUT2D eigenvalue weighted by Crippen LogP contribution is -2.03. The fourth-order valence-corrected chi connectivity index (χ4v) is 2.25. The fourth-order valence-electron chi connectivity index (χ4n) is 1.31. The summed E-state index contributed by atoms with van der Waals surface area (Å²) in [5.74, 6) is 0. The Morgan fingerprint density at radius 3 is 2.57 bits per heavy atom. The van der Waals surface area contributed by atoms with Crippen molar-refractivity contribution >= 4 is 11.3 Å². The maximum absolute atomic E-state index is 8.56. The van der Waals surface area contributed by atoms with E-state index in [4.69, 9.17) is 5.21 Å². The Hall–Kier alpha value is -1.16. The van der Waals surface area contributed by atoms with Gasteiger partial charge >= 0.3 is 0 Å². The number of hydrogen-bond donors (Lipinski definition) is 2. The van der Waals surface area contributed by atoms with Crippen molar-refractivity contribution in [3.8, 4) is 10.4 Å². The normalized spacial score (nSPS) is 10.4. The van der Waals surface area contributed by atoms with Crippen LogP contribution in [0.2, 0.25) is 0 Å². The second-order valence-corrected chi connectivity index (χ2v) is 4.14. The summed E-state index contributed by atoms with van der Waals surface area (Å²) in [4.78, 5) is 2.36. The molecule has 14 heavy (non-hydrogen) atoms. The number of hydroxylamine groups is 1. The third-order valence-corrected chi connectivity index (χ3v) is 3.11. The van der Waals surface area contributed by atoms with Crippen molar-refractivity contribution in [3.05, 3.63) is 47.3 Å². The second-order valence-electron chi connectivity index (χ2n) is 2.97. The molecule has 0 spiro atoms. The topological polar surface area (TPSA) is 32.3 Å². The molecule has 0 bridgehead atoms. The molecule has 0 fully saturated rings. The van der Waals surface area contributed by atoms with E-state index in [0.717, 1.165) is 4.88 Å². The number of nitrogens with one attached hydrogen (secondary N) is 1. The van der Waals surface area contributed by atoms with E-state index in [1.165, 1.54) is 10.4 Å². The van der Waals surface area contributed by atoms with Crippen molar-refractivity contribution in [2.24, 2.45) is 0 Å². The van der Waals surface area contributed by atoms with E-state index in [9.17, 15) is 0 Å². The summed E-state index contributed by atoms with van der Waals surface area (Å²) in [5.41, 5.74) is 3.38. The zero-order valence-corrected chi connectivity index (χ0v) is 8.42. The lowest BCUT2D eigenvalue weighted by molar-refractivity contribution is 0.162. The standard InChI is InChI=1S/C11H11NOS/c13-12-8-10-6-7-11(14-10)9-4-2-1-3-5-9/h1-7,12-13H,8H2. The third kappa shape index (κ3) is 2.01. The van der Waals surface area contributed by atoms with Crippen molar-refractivity contribution in [3.63, 3.8) is 0 Å². The van der Waals surface area contributed by atoms with E-state index in [1.807, 2.05) is 24.3 Å². The quantitative estimate of drug-likeness (QED) is 0.755. The van der Waals surface area contributed by atoms with Crippen LogP contribution >= 0.6 is 11.3 Å². The Morgan fingerprint density at radius 2 is 1.86 bits per heavy atom. The highest BCUT2D eigenvalue weighted by Gasteiger charge is 2.00. The fraction of sp³-hybridized carbons (Fsp3) is 0.0909. The maximum atomic E-state index is 8.56. The number of thiophene rings is 1. The Labute approximate surface area is 86.8 Å². The average molecular weight is 205 g/mol. The summed E-state index contributed by atoms with van der Waals surface area (Å²) < 4.78 is 0. The monoisotopic (exact) mass is 205 g/mol. The molecule has 3 heteroatoms. The molecule has 1 aromatic carbocycles. The number of hydrogen-bond acceptors (Lipinski definition) is 3. The molecule has 72 valence electrons. The van der Waals surface area contributed by atoms with E-state index in [2.05, 4.69) is 23.7 Å². The van der Waals surface area contributed by atoms with Crippen LogP contribution in [0.5, 0.6) is 0 Å². The van der Waals surface area contributed by atoms with Crippen LogP contribution in [0.25, 0.3) is 10.4 Å². The summed E-state index contributed by atoms with van der Waals surface area (Å²) in [6.07, 6.45) is 0. The molecule has 0 aliphatic heterocycles. The SMILES string of the molecule is ONCc1ccc(-c2ccccc2)s1. The molecule has 0 aliphatic rings. The van der Waals surface area contributed by atoms with Crippen LogP contribution in [0.1, 0.15) is 4.88 Å². The van der Waals surface area contributed by atoms with Crippen molar-refractivity contribution in [2.75, 3.05) is 0 Å². The van der Waals surface area contributed by atoms with Gasteiger partial charge in [-0.2, -0.15) is 0 Å². The van der Waals surface area contributed by atoms with Gasteiger partial charge in [-0.1, -0.05) is 30.3 Å². The predicted octanol–water partition coefficient (Wildman–Crippen LogP) is 2.89. The molecule has 0 amide bonds. The molecular weight excluding hydrogens is 194 g/mol. The minimum Gasteiger partial charge on any atom is -0.316 e. The Balaban J connectivity index is 2.25. The summed E-state index contributed by atoms with van der Waals surface area (Å²) in [7, 11) is 0. The first kappa shape index (κ1) is 9.40. The van der Waals surface area contributed by atoms with E-state index in [1.54, 1.807) is 11.3 Å². The lowest BCUT2D eigenvalue weighted by Gasteiger charge is -1.95. The Bertz CT molecular complexity index is 397. The molecular formula is C11H11NOS. The summed E-state index contributed by atoms with van der Waals surface area (Å²) in [5, 5.41) is 8.56. The van der Waals surface area contributed by atoms with Gasteiger partial charge in [0.05, 0.1) is 6.54 Å². The molecule has 2 N–H and O–H groups in total. The van der Waals surface area contributed by atoms with Gasteiger partial charge in [0, 0.05) is 9.75 Å². The van der Waals surface area contributed by atoms with Crippen molar-refractivity contribution in [2.45, 2.75) is 6.54 Å². The maximum Gasteiger partial charge on any atom is 0.0552 e. The first-order valence-electron chi connectivity index (χ1n) is 4.41. The van der Waals surface area contributed by atoms with Crippen LogP contribution in [0.15, 0.2) is 42.5 Å². The van der Waals surface area contributed by atoms with Crippen molar-refractivity contribution in [1.29, 1.82) is 0 Å². The van der Waals surface area contributed by atoms with Crippen molar-refractivity contribution in [1.82, 2.24) is 5.48 Å². The van der Waals surface area contributed by atoms with Crippen LogP contribution in [0, 0.1) is 0 Å². The first-order valence-corrected chi connectivity index (χ1v) is 5.23. The van der Waals surface area contributed by atoms with E-state index < -0.39 is 0 Å². The summed E-state index contributed by atoms with van der Waals surface area (Å²) in [6, 6.07) is 14.3.